The van der Waals surface area contributed by atoms with Crippen LogP contribution in [0.2, 0.25) is 5.02 Å². The van der Waals surface area contributed by atoms with Gasteiger partial charge in [-0.05, 0) is 83.4 Å². The molecule has 0 fully saturated rings. The molecule has 0 heterocycles. The first-order valence-corrected chi connectivity index (χ1v) is 11.9. The monoisotopic (exact) mass is 506 g/mol. The van der Waals surface area contributed by atoms with Gasteiger partial charge in [-0.25, -0.2) is 9.18 Å². The van der Waals surface area contributed by atoms with Crippen LogP contribution in [0.5, 0.6) is 0 Å². The van der Waals surface area contributed by atoms with E-state index in [0.717, 1.165) is 0 Å². The lowest BCUT2D eigenvalue weighted by Crippen LogP contribution is -2.48. The minimum absolute atomic E-state index is 0.161. The molecule has 2 atom stereocenters. The van der Waals surface area contributed by atoms with Crippen molar-refractivity contribution in [3.05, 3.63) is 70.0 Å². The van der Waals surface area contributed by atoms with Gasteiger partial charge in [0.2, 0.25) is 0 Å². The fourth-order valence-corrected chi connectivity index (χ4v) is 3.80. The number of amides is 2. The van der Waals surface area contributed by atoms with E-state index in [-0.39, 0.29) is 24.6 Å². The maximum atomic E-state index is 14.5. The molecule has 0 bridgehead atoms. The number of hydrogen-bond acceptors (Lipinski definition) is 4. The van der Waals surface area contributed by atoms with E-state index in [9.17, 15) is 14.0 Å². The van der Waals surface area contributed by atoms with Gasteiger partial charge in [0.15, 0.2) is 0 Å². The number of methoxy groups -OCH3 is 1. The van der Waals surface area contributed by atoms with Crippen molar-refractivity contribution in [3.63, 3.8) is 0 Å². The average Bonchev–Trinajstić information content (AvgIpc) is 2.70. The van der Waals surface area contributed by atoms with Gasteiger partial charge < -0.3 is 20.1 Å². The first-order valence-electron chi connectivity index (χ1n) is 11.5. The largest absolute Gasteiger partial charge is 0.444 e. The topological polar surface area (TPSA) is 76.7 Å². The molecule has 0 aliphatic heterocycles. The first kappa shape index (κ1) is 28.6. The van der Waals surface area contributed by atoms with Gasteiger partial charge in [0.1, 0.15) is 11.4 Å². The van der Waals surface area contributed by atoms with Crippen LogP contribution in [0.3, 0.4) is 0 Å². The molecular formula is C27H36ClFN2O4. The normalized spacial score (nSPS) is 13.6. The average molecular weight is 507 g/mol. The minimum Gasteiger partial charge on any atom is -0.444 e. The van der Waals surface area contributed by atoms with Crippen LogP contribution < -0.4 is 10.6 Å². The predicted molar refractivity (Wildman–Crippen MR) is 136 cm³/mol. The number of hydrogen-bond donors (Lipinski definition) is 2. The van der Waals surface area contributed by atoms with Crippen molar-refractivity contribution < 1.29 is 23.5 Å². The molecule has 2 aromatic carbocycles. The van der Waals surface area contributed by atoms with E-state index >= 15 is 0 Å². The molecule has 35 heavy (non-hydrogen) atoms. The molecule has 0 aliphatic rings. The summed E-state index contributed by atoms with van der Waals surface area (Å²) in [5.74, 6) is -0.629. The molecule has 6 nitrogen and oxygen atoms in total. The number of ether oxygens (including phenoxy) is 2. The molecule has 0 spiro atoms. The summed E-state index contributed by atoms with van der Waals surface area (Å²) in [7, 11) is 1.51. The van der Waals surface area contributed by atoms with Crippen LogP contribution in [0.15, 0.2) is 42.5 Å². The third-order valence-corrected chi connectivity index (χ3v) is 5.31. The second-order valence-corrected chi connectivity index (χ2v) is 11.0. The molecule has 0 aliphatic carbocycles. The molecule has 2 N–H and O–H groups in total. The summed E-state index contributed by atoms with van der Waals surface area (Å²) in [6.45, 7) is 11.0. The zero-order valence-corrected chi connectivity index (χ0v) is 22.3. The van der Waals surface area contributed by atoms with E-state index in [1.54, 1.807) is 57.2 Å². The summed E-state index contributed by atoms with van der Waals surface area (Å²) in [6, 6.07) is 10.7. The van der Waals surface area contributed by atoms with Crippen molar-refractivity contribution in [1.82, 2.24) is 10.6 Å². The van der Waals surface area contributed by atoms with Gasteiger partial charge in [-0.2, -0.15) is 0 Å². The molecule has 0 saturated carbocycles. The van der Waals surface area contributed by atoms with Crippen molar-refractivity contribution in [2.75, 3.05) is 7.11 Å². The first-order chi connectivity index (χ1) is 16.2. The van der Waals surface area contributed by atoms with Gasteiger partial charge in [-0.3, -0.25) is 4.79 Å². The molecule has 2 amide bonds. The molecular weight excluding hydrogens is 471 g/mol. The minimum atomic E-state index is -0.708. The van der Waals surface area contributed by atoms with Gasteiger partial charge in [0.25, 0.3) is 5.91 Å². The molecule has 0 aromatic heterocycles. The summed E-state index contributed by atoms with van der Waals surface area (Å²) in [4.78, 5) is 25.6. The Bertz CT molecular complexity index is 1030. The third kappa shape index (κ3) is 9.49. The highest BCUT2D eigenvalue weighted by Gasteiger charge is 2.29. The number of halogens is 2. The van der Waals surface area contributed by atoms with Crippen LogP contribution in [0.1, 0.15) is 63.0 Å². The SMILES string of the molecule is CO[C@H](Cc1cc(Cl)ccc1C(=O)NC(C)(C)C)[C@@H](Cc1ccccc1F)NC(=O)OC(C)(C)C. The van der Waals surface area contributed by atoms with Crippen LogP contribution in [0.25, 0.3) is 0 Å². The zero-order valence-electron chi connectivity index (χ0n) is 21.5. The number of carbonyl (C=O) groups excluding carboxylic acids is 2. The molecule has 8 heteroatoms. The lowest BCUT2D eigenvalue weighted by molar-refractivity contribution is 0.0332. The van der Waals surface area contributed by atoms with Gasteiger partial charge in [-0.15, -0.1) is 0 Å². The van der Waals surface area contributed by atoms with Gasteiger partial charge >= 0.3 is 6.09 Å². The molecule has 0 radical (unpaired) electrons. The smallest absolute Gasteiger partial charge is 0.407 e. The standard InChI is InChI=1S/C27H36ClFN2O4/c1-26(2,3)31-24(32)20-13-12-19(28)14-18(20)16-23(34-7)22(30-25(33)35-27(4,5)6)15-17-10-8-9-11-21(17)29/h8-14,22-23H,15-16H2,1-7H3,(H,30,33)(H,31,32)/t22-,23-/m1/s1. The summed E-state index contributed by atoms with van der Waals surface area (Å²) in [5, 5.41) is 6.26. The summed E-state index contributed by atoms with van der Waals surface area (Å²) < 4.78 is 25.7. The second kappa shape index (κ2) is 11.9. The van der Waals surface area contributed by atoms with Crippen molar-refractivity contribution in [3.8, 4) is 0 Å². The van der Waals surface area contributed by atoms with E-state index < -0.39 is 29.4 Å². The van der Waals surface area contributed by atoms with Gasteiger partial charge in [-0.1, -0.05) is 29.8 Å². The fourth-order valence-electron chi connectivity index (χ4n) is 3.60. The van der Waals surface area contributed by atoms with E-state index in [1.165, 1.54) is 13.2 Å². The predicted octanol–water partition coefficient (Wildman–Crippen LogP) is 5.70. The van der Waals surface area contributed by atoms with Gasteiger partial charge in [0, 0.05) is 29.7 Å². The Morgan fingerprint density at radius 2 is 1.66 bits per heavy atom. The van der Waals surface area contributed by atoms with Crippen LogP contribution >= 0.6 is 11.6 Å². The third-order valence-electron chi connectivity index (χ3n) is 5.07. The maximum Gasteiger partial charge on any atom is 0.407 e. The Morgan fingerprint density at radius 1 is 1.00 bits per heavy atom. The van der Waals surface area contributed by atoms with E-state index in [0.29, 0.717) is 21.7 Å². The van der Waals surface area contributed by atoms with Crippen LogP contribution in [-0.2, 0) is 22.3 Å². The van der Waals surface area contributed by atoms with E-state index in [4.69, 9.17) is 21.1 Å². The Kier molecular flexibility index (Phi) is 9.69. The van der Waals surface area contributed by atoms with Crippen molar-refractivity contribution >= 4 is 23.6 Å². The lowest BCUT2D eigenvalue weighted by atomic mass is 9.93. The van der Waals surface area contributed by atoms with Crippen molar-refractivity contribution in [1.29, 1.82) is 0 Å². The summed E-state index contributed by atoms with van der Waals surface area (Å²) >= 11 is 6.26. The number of nitrogens with one attached hydrogen (secondary N) is 2. The number of benzene rings is 2. The second-order valence-electron chi connectivity index (χ2n) is 10.5. The quantitative estimate of drug-likeness (QED) is 0.481. The Labute approximate surface area is 212 Å². The fraction of sp³-hybridized carbons (Fsp3) is 0.481. The molecule has 192 valence electrons. The molecule has 2 rings (SSSR count). The number of alkyl carbamates (subject to hydrolysis) is 1. The molecule has 0 unspecified atom stereocenters. The summed E-state index contributed by atoms with van der Waals surface area (Å²) in [6.07, 6.45) is -0.840. The van der Waals surface area contributed by atoms with Crippen LogP contribution in [-0.4, -0.2) is 42.4 Å². The van der Waals surface area contributed by atoms with Crippen molar-refractivity contribution in [2.24, 2.45) is 0 Å². The Balaban J connectivity index is 2.39. The van der Waals surface area contributed by atoms with E-state index in [2.05, 4.69) is 10.6 Å². The van der Waals surface area contributed by atoms with Crippen LogP contribution in [0, 0.1) is 5.82 Å². The lowest BCUT2D eigenvalue weighted by Gasteiger charge is -2.30. The summed E-state index contributed by atoms with van der Waals surface area (Å²) in [5.41, 5.74) is 0.386. The highest BCUT2D eigenvalue weighted by Crippen LogP contribution is 2.22. The Hall–Kier alpha value is -2.64. The van der Waals surface area contributed by atoms with E-state index in [1.807, 2.05) is 20.8 Å². The highest BCUT2D eigenvalue weighted by molar-refractivity contribution is 6.30. The maximum absolute atomic E-state index is 14.5. The van der Waals surface area contributed by atoms with Crippen molar-refractivity contribution in [2.45, 2.75) is 77.7 Å². The van der Waals surface area contributed by atoms with Crippen LogP contribution in [0.4, 0.5) is 9.18 Å². The number of carbonyl (C=O) groups is 2. The van der Waals surface area contributed by atoms with Gasteiger partial charge in [0.05, 0.1) is 12.1 Å². The molecule has 0 saturated heterocycles. The highest BCUT2D eigenvalue weighted by atomic mass is 35.5. The zero-order chi connectivity index (χ0) is 26.4. The number of rotatable bonds is 8. The Morgan fingerprint density at radius 3 is 2.23 bits per heavy atom. The molecule has 2 aromatic rings.